The Kier molecular flexibility index (Phi) is 5.87. The number of rotatable bonds is 5. The van der Waals surface area contributed by atoms with Crippen LogP contribution in [0.15, 0.2) is 53.1 Å². The number of carbonyl (C=O) groups is 1. The van der Waals surface area contributed by atoms with Crippen LogP contribution in [0.2, 0.25) is 10.0 Å². The van der Waals surface area contributed by atoms with Crippen LogP contribution >= 0.6 is 23.2 Å². The zero-order chi connectivity index (χ0) is 20.2. The molecular weight excluding hydrogens is 415 g/mol. The molecule has 1 aliphatic heterocycles. The molecule has 0 bridgehead atoms. The fourth-order valence-electron chi connectivity index (χ4n) is 3.06. The molecule has 1 aliphatic rings. The summed E-state index contributed by atoms with van der Waals surface area (Å²) < 4.78 is 10.9. The van der Waals surface area contributed by atoms with Crippen LogP contribution in [0.5, 0.6) is 5.75 Å². The second-order valence-electron chi connectivity index (χ2n) is 6.46. The summed E-state index contributed by atoms with van der Waals surface area (Å²) in [6.07, 6.45) is 1.60. The van der Waals surface area contributed by atoms with Crippen LogP contribution in [-0.4, -0.2) is 53.8 Å². The standard InChI is InChI=1S/C20H18Cl2N4O3/c21-14-3-1-4-17(20(14)22)29-13-19(27)26-10-8-25(9-11-26)18-7-6-15(23-24-18)16-5-2-12-28-16/h1-7,12H,8-11,13H2. The first kappa shape index (κ1) is 19.5. The zero-order valence-electron chi connectivity index (χ0n) is 15.4. The van der Waals surface area contributed by atoms with Gasteiger partial charge in [-0.05, 0) is 36.4 Å². The maximum atomic E-state index is 12.5. The molecule has 0 unspecified atom stereocenters. The predicted molar refractivity (Wildman–Crippen MR) is 110 cm³/mol. The fraction of sp³-hybridized carbons (Fsp3) is 0.250. The number of hydrogen-bond donors (Lipinski definition) is 0. The van der Waals surface area contributed by atoms with E-state index in [9.17, 15) is 4.79 Å². The van der Waals surface area contributed by atoms with Crippen LogP contribution in [0.4, 0.5) is 5.82 Å². The summed E-state index contributed by atoms with van der Waals surface area (Å²) in [5.74, 6) is 1.76. The molecule has 29 heavy (non-hydrogen) atoms. The van der Waals surface area contributed by atoms with Crippen LogP contribution in [-0.2, 0) is 4.79 Å². The SMILES string of the molecule is O=C(COc1cccc(Cl)c1Cl)N1CCN(c2ccc(-c3ccco3)nn2)CC1. The van der Waals surface area contributed by atoms with E-state index in [1.165, 1.54) is 0 Å². The van der Waals surface area contributed by atoms with Crippen LogP contribution in [0, 0.1) is 0 Å². The van der Waals surface area contributed by atoms with Crippen molar-refractivity contribution in [1.82, 2.24) is 15.1 Å². The molecule has 1 aromatic carbocycles. The molecule has 3 heterocycles. The molecule has 2 aromatic heterocycles. The van der Waals surface area contributed by atoms with Gasteiger partial charge in [0.2, 0.25) is 0 Å². The van der Waals surface area contributed by atoms with E-state index in [0.29, 0.717) is 53.4 Å². The maximum Gasteiger partial charge on any atom is 0.260 e. The molecule has 1 fully saturated rings. The van der Waals surface area contributed by atoms with Crippen molar-refractivity contribution in [2.24, 2.45) is 0 Å². The number of halogens is 2. The van der Waals surface area contributed by atoms with E-state index in [1.54, 1.807) is 29.4 Å². The first-order valence-electron chi connectivity index (χ1n) is 9.09. The number of hydrogen-bond acceptors (Lipinski definition) is 6. The molecule has 1 amide bonds. The summed E-state index contributed by atoms with van der Waals surface area (Å²) in [5.41, 5.74) is 0.685. The van der Waals surface area contributed by atoms with Gasteiger partial charge in [-0.25, -0.2) is 0 Å². The smallest absolute Gasteiger partial charge is 0.260 e. The van der Waals surface area contributed by atoms with Crippen LogP contribution in [0.25, 0.3) is 11.5 Å². The van der Waals surface area contributed by atoms with Gasteiger partial charge in [0.05, 0.1) is 11.3 Å². The van der Waals surface area contributed by atoms with Gasteiger partial charge in [0, 0.05) is 26.2 Å². The molecule has 0 saturated carbocycles. The average Bonchev–Trinajstić information content (AvgIpc) is 3.30. The van der Waals surface area contributed by atoms with Crippen molar-refractivity contribution in [2.45, 2.75) is 0 Å². The van der Waals surface area contributed by atoms with E-state index >= 15 is 0 Å². The second-order valence-corrected chi connectivity index (χ2v) is 7.25. The number of carbonyl (C=O) groups excluding carboxylic acids is 1. The van der Waals surface area contributed by atoms with Gasteiger partial charge in [0.25, 0.3) is 5.91 Å². The Morgan fingerprint density at radius 2 is 1.86 bits per heavy atom. The van der Waals surface area contributed by atoms with Gasteiger partial charge in [-0.1, -0.05) is 29.3 Å². The largest absolute Gasteiger partial charge is 0.482 e. The number of aromatic nitrogens is 2. The quantitative estimate of drug-likeness (QED) is 0.610. The molecule has 3 aromatic rings. The Hall–Kier alpha value is -2.77. The summed E-state index contributed by atoms with van der Waals surface area (Å²) in [7, 11) is 0. The van der Waals surface area contributed by atoms with E-state index < -0.39 is 0 Å². The maximum absolute atomic E-state index is 12.5. The molecule has 7 nitrogen and oxygen atoms in total. The minimum atomic E-state index is -0.0973. The van der Waals surface area contributed by atoms with Crippen LogP contribution in [0.3, 0.4) is 0 Å². The van der Waals surface area contributed by atoms with Crippen LogP contribution in [0.1, 0.15) is 0 Å². The minimum absolute atomic E-state index is 0.0856. The fourth-order valence-corrected chi connectivity index (χ4v) is 3.41. The Labute approximate surface area is 177 Å². The molecule has 0 spiro atoms. The number of anilines is 1. The zero-order valence-corrected chi connectivity index (χ0v) is 16.9. The lowest BCUT2D eigenvalue weighted by Gasteiger charge is -2.35. The molecule has 150 valence electrons. The minimum Gasteiger partial charge on any atom is -0.482 e. The van der Waals surface area contributed by atoms with Gasteiger partial charge in [0.15, 0.2) is 18.2 Å². The number of amides is 1. The lowest BCUT2D eigenvalue weighted by atomic mass is 10.2. The highest BCUT2D eigenvalue weighted by Gasteiger charge is 2.23. The van der Waals surface area contributed by atoms with E-state index in [2.05, 4.69) is 15.1 Å². The second kappa shape index (κ2) is 8.71. The number of nitrogens with zero attached hydrogens (tertiary/aromatic N) is 4. The third-order valence-electron chi connectivity index (χ3n) is 4.65. The van der Waals surface area contributed by atoms with E-state index in [0.717, 1.165) is 5.82 Å². The van der Waals surface area contributed by atoms with Crippen molar-refractivity contribution >= 4 is 34.9 Å². The van der Waals surface area contributed by atoms with Crippen molar-refractivity contribution in [3.8, 4) is 17.2 Å². The first-order valence-corrected chi connectivity index (χ1v) is 9.84. The number of furan rings is 1. The Balaban J connectivity index is 1.29. The van der Waals surface area contributed by atoms with E-state index in [-0.39, 0.29) is 12.5 Å². The average molecular weight is 433 g/mol. The molecule has 0 N–H and O–H groups in total. The molecular formula is C20H18Cl2N4O3. The monoisotopic (exact) mass is 432 g/mol. The summed E-state index contributed by atoms with van der Waals surface area (Å²) in [6.45, 7) is 2.40. The lowest BCUT2D eigenvalue weighted by molar-refractivity contribution is -0.133. The van der Waals surface area contributed by atoms with Gasteiger partial charge in [0.1, 0.15) is 16.5 Å². The molecule has 0 radical (unpaired) electrons. The van der Waals surface area contributed by atoms with E-state index in [1.807, 2.05) is 24.3 Å². The topological polar surface area (TPSA) is 71.7 Å². The normalized spacial score (nSPS) is 14.1. The van der Waals surface area contributed by atoms with Crippen LogP contribution < -0.4 is 9.64 Å². The highest BCUT2D eigenvalue weighted by atomic mass is 35.5. The Morgan fingerprint density at radius 3 is 2.55 bits per heavy atom. The molecule has 0 aliphatic carbocycles. The highest BCUT2D eigenvalue weighted by Crippen LogP contribution is 2.31. The third kappa shape index (κ3) is 4.46. The summed E-state index contributed by atoms with van der Waals surface area (Å²) in [6, 6.07) is 12.5. The van der Waals surface area contributed by atoms with Crippen molar-refractivity contribution in [1.29, 1.82) is 0 Å². The van der Waals surface area contributed by atoms with Crippen molar-refractivity contribution in [3.63, 3.8) is 0 Å². The summed E-state index contributed by atoms with van der Waals surface area (Å²) in [4.78, 5) is 16.3. The molecule has 4 rings (SSSR count). The summed E-state index contributed by atoms with van der Waals surface area (Å²) >= 11 is 12.0. The lowest BCUT2D eigenvalue weighted by Crippen LogP contribution is -2.50. The Morgan fingerprint density at radius 1 is 1.03 bits per heavy atom. The van der Waals surface area contributed by atoms with E-state index in [4.69, 9.17) is 32.4 Å². The number of piperazine rings is 1. The molecule has 9 heteroatoms. The van der Waals surface area contributed by atoms with Crippen molar-refractivity contribution in [3.05, 3.63) is 58.8 Å². The van der Waals surface area contributed by atoms with Gasteiger partial charge in [-0.15, -0.1) is 10.2 Å². The van der Waals surface area contributed by atoms with Gasteiger partial charge >= 0.3 is 0 Å². The Bertz CT molecular complexity index is 972. The van der Waals surface area contributed by atoms with Gasteiger partial charge in [-0.3, -0.25) is 4.79 Å². The predicted octanol–water partition coefficient (Wildman–Crippen LogP) is 3.77. The number of benzene rings is 1. The van der Waals surface area contributed by atoms with Crippen molar-refractivity contribution < 1.29 is 13.9 Å². The highest BCUT2D eigenvalue weighted by molar-refractivity contribution is 6.42. The summed E-state index contributed by atoms with van der Waals surface area (Å²) in [5, 5.41) is 9.20. The molecule has 0 atom stereocenters. The third-order valence-corrected chi connectivity index (χ3v) is 5.45. The van der Waals surface area contributed by atoms with Crippen molar-refractivity contribution in [2.75, 3.05) is 37.7 Å². The van der Waals surface area contributed by atoms with Gasteiger partial charge in [-0.2, -0.15) is 0 Å². The molecule has 1 saturated heterocycles. The van der Waals surface area contributed by atoms with Gasteiger partial charge < -0.3 is 19.0 Å². The number of ether oxygens (including phenoxy) is 1. The first-order chi connectivity index (χ1) is 14.1.